The van der Waals surface area contributed by atoms with Crippen LogP contribution >= 0.6 is 11.6 Å². The van der Waals surface area contributed by atoms with Crippen LogP contribution in [0.25, 0.3) is 22.2 Å². The number of hydrogen-bond donors (Lipinski definition) is 2. The molecule has 23 heavy (non-hydrogen) atoms. The monoisotopic (exact) mass is 330 g/mol. The lowest BCUT2D eigenvalue weighted by molar-refractivity contribution is 0.0527. The number of fused-ring (bicyclic) bond motifs is 1. The van der Waals surface area contributed by atoms with Crippen LogP contribution in [0.3, 0.4) is 0 Å². The van der Waals surface area contributed by atoms with Crippen LogP contribution in [0.15, 0.2) is 24.4 Å². The number of anilines is 1. The Hall–Kier alpha value is -2.60. The lowest BCUT2D eigenvalue weighted by atomic mass is 9.98. The number of hydrogen-bond acceptors (Lipinski definition) is 5. The number of nitrogens with two attached hydrogens (primary N) is 1. The number of ether oxygens (including phenoxy) is 1. The lowest BCUT2D eigenvalue weighted by Crippen LogP contribution is -2.10. The summed E-state index contributed by atoms with van der Waals surface area (Å²) in [6.07, 6.45) is 1.70. The van der Waals surface area contributed by atoms with Crippen LogP contribution < -0.4 is 5.73 Å². The van der Waals surface area contributed by atoms with Gasteiger partial charge in [0.2, 0.25) is 0 Å². The van der Waals surface area contributed by atoms with E-state index < -0.39 is 5.97 Å². The largest absolute Gasteiger partial charge is 0.462 e. The molecule has 0 aliphatic carbocycles. The van der Waals surface area contributed by atoms with Gasteiger partial charge in [-0.15, -0.1) is 0 Å². The van der Waals surface area contributed by atoms with Gasteiger partial charge in [-0.1, -0.05) is 17.7 Å². The smallest absolute Gasteiger partial charge is 0.340 e. The fourth-order valence-electron chi connectivity index (χ4n) is 2.53. The summed E-state index contributed by atoms with van der Waals surface area (Å²) in [4.78, 5) is 16.4. The molecule has 0 spiro atoms. The van der Waals surface area contributed by atoms with Gasteiger partial charge < -0.3 is 10.5 Å². The standard InChI is InChI=1S/C16H15ClN4O2/c1-3-23-16(22)9-6-12(17)20-15(14(9)18)13-8(2)4-5-11-10(13)7-19-21-11/h4-7H,3,18H2,1-2H3,(H,19,21). The number of aryl methyl sites for hydroxylation is 1. The third-order valence-electron chi connectivity index (χ3n) is 3.59. The molecule has 3 aromatic rings. The lowest BCUT2D eigenvalue weighted by Gasteiger charge is -2.13. The number of halogens is 1. The van der Waals surface area contributed by atoms with Gasteiger partial charge in [-0.3, -0.25) is 5.10 Å². The second kappa shape index (κ2) is 5.89. The van der Waals surface area contributed by atoms with Gasteiger partial charge in [-0.25, -0.2) is 9.78 Å². The molecule has 0 aliphatic rings. The number of pyridine rings is 1. The van der Waals surface area contributed by atoms with E-state index in [4.69, 9.17) is 22.1 Å². The Morgan fingerprint density at radius 2 is 2.22 bits per heavy atom. The zero-order valence-electron chi connectivity index (χ0n) is 12.7. The number of carbonyl (C=O) groups is 1. The highest BCUT2D eigenvalue weighted by Gasteiger charge is 2.20. The fourth-order valence-corrected chi connectivity index (χ4v) is 2.73. The highest BCUT2D eigenvalue weighted by atomic mass is 35.5. The number of nitrogen functional groups attached to an aromatic ring is 1. The maximum Gasteiger partial charge on any atom is 0.340 e. The SMILES string of the molecule is CCOC(=O)c1cc(Cl)nc(-c2c(C)ccc3[nH]ncc23)c1N. The molecule has 6 nitrogen and oxygen atoms in total. The Bertz CT molecular complexity index is 904. The van der Waals surface area contributed by atoms with Crippen LogP contribution in [0.5, 0.6) is 0 Å². The van der Waals surface area contributed by atoms with Crippen molar-refractivity contribution in [3.8, 4) is 11.3 Å². The highest BCUT2D eigenvalue weighted by Crippen LogP contribution is 2.36. The summed E-state index contributed by atoms with van der Waals surface area (Å²) in [5.41, 5.74) is 9.69. The number of nitrogens with one attached hydrogen (secondary N) is 1. The Labute approximate surface area is 137 Å². The van der Waals surface area contributed by atoms with Gasteiger partial charge in [-0.05, 0) is 31.5 Å². The second-order valence-corrected chi connectivity index (χ2v) is 5.45. The van der Waals surface area contributed by atoms with Crippen molar-refractivity contribution in [1.82, 2.24) is 15.2 Å². The fraction of sp³-hybridized carbons (Fsp3) is 0.188. The van der Waals surface area contributed by atoms with Crippen molar-refractivity contribution < 1.29 is 9.53 Å². The van der Waals surface area contributed by atoms with E-state index in [1.807, 2.05) is 19.1 Å². The molecular formula is C16H15ClN4O2. The molecule has 1 aromatic carbocycles. The molecule has 2 aromatic heterocycles. The summed E-state index contributed by atoms with van der Waals surface area (Å²) in [6, 6.07) is 5.28. The zero-order chi connectivity index (χ0) is 16.6. The van der Waals surface area contributed by atoms with Gasteiger partial charge in [0.1, 0.15) is 5.15 Å². The average Bonchev–Trinajstić information content (AvgIpc) is 2.98. The number of aromatic nitrogens is 3. The van der Waals surface area contributed by atoms with Gasteiger partial charge >= 0.3 is 5.97 Å². The molecule has 0 radical (unpaired) electrons. The minimum absolute atomic E-state index is 0.178. The summed E-state index contributed by atoms with van der Waals surface area (Å²) in [5, 5.41) is 8.00. The molecular weight excluding hydrogens is 316 g/mol. The number of esters is 1. The predicted octanol–water partition coefficient (Wildman–Crippen LogP) is 3.35. The molecule has 3 rings (SSSR count). The first kappa shape index (κ1) is 15.3. The molecule has 0 amide bonds. The van der Waals surface area contributed by atoms with Crippen molar-refractivity contribution in [2.24, 2.45) is 0 Å². The zero-order valence-corrected chi connectivity index (χ0v) is 13.4. The van der Waals surface area contributed by atoms with Crippen LogP contribution in [0, 0.1) is 6.92 Å². The van der Waals surface area contributed by atoms with Crippen LogP contribution in [0.1, 0.15) is 22.8 Å². The minimum Gasteiger partial charge on any atom is -0.462 e. The van der Waals surface area contributed by atoms with Gasteiger partial charge in [0.15, 0.2) is 0 Å². The number of nitrogens with zero attached hydrogens (tertiary/aromatic N) is 2. The topological polar surface area (TPSA) is 93.9 Å². The van der Waals surface area contributed by atoms with Crippen LogP contribution in [-0.4, -0.2) is 27.8 Å². The van der Waals surface area contributed by atoms with E-state index in [9.17, 15) is 4.79 Å². The van der Waals surface area contributed by atoms with E-state index in [1.165, 1.54) is 6.07 Å². The molecule has 0 saturated carbocycles. The molecule has 2 heterocycles. The van der Waals surface area contributed by atoms with Crippen molar-refractivity contribution in [2.75, 3.05) is 12.3 Å². The van der Waals surface area contributed by atoms with Crippen molar-refractivity contribution >= 4 is 34.2 Å². The summed E-state index contributed by atoms with van der Waals surface area (Å²) in [7, 11) is 0. The quantitative estimate of drug-likeness (QED) is 0.567. The van der Waals surface area contributed by atoms with E-state index in [2.05, 4.69) is 15.2 Å². The number of H-pyrrole nitrogens is 1. The average molecular weight is 331 g/mol. The molecule has 0 aliphatic heterocycles. The summed E-state index contributed by atoms with van der Waals surface area (Å²) in [5.74, 6) is -0.521. The van der Waals surface area contributed by atoms with E-state index in [0.29, 0.717) is 5.69 Å². The first-order valence-electron chi connectivity index (χ1n) is 7.09. The molecule has 0 fully saturated rings. The van der Waals surface area contributed by atoms with Crippen LogP contribution in [0.2, 0.25) is 5.15 Å². The molecule has 0 saturated heterocycles. The maximum atomic E-state index is 12.1. The van der Waals surface area contributed by atoms with Gasteiger partial charge in [0.05, 0.1) is 35.3 Å². The molecule has 0 atom stereocenters. The van der Waals surface area contributed by atoms with Crippen LogP contribution in [0.4, 0.5) is 5.69 Å². The summed E-state index contributed by atoms with van der Waals surface area (Å²) in [6.45, 7) is 3.92. The minimum atomic E-state index is -0.521. The van der Waals surface area contributed by atoms with E-state index in [1.54, 1.807) is 13.1 Å². The third-order valence-corrected chi connectivity index (χ3v) is 3.79. The third kappa shape index (κ3) is 2.61. The van der Waals surface area contributed by atoms with Gasteiger partial charge in [0.25, 0.3) is 0 Å². The Morgan fingerprint density at radius 1 is 1.43 bits per heavy atom. The predicted molar refractivity (Wildman–Crippen MR) is 89.4 cm³/mol. The molecule has 3 N–H and O–H groups in total. The normalized spacial score (nSPS) is 10.9. The van der Waals surface area contributed by atoms with Gasteiger partial charge in [0, 0.05) is 10.9 Å². The highest BCUT2D eigenvalue weighted by molar-refractivity contribution is 6.30. The Balaban J connectivity index is 2.29. The van der Waals surface area contributed by atoms with E-state index in [-0.39, 0.29) is 23.0 Å². The molecule has 0 unspecified atom stereocenters. The van der Waals surface area contributed by atoms with Crippen molar-refractivity contribution in [3.63, 3.8) is 0 Å². The van der Waals surface area contributed by atoms with E-state index >= 15 is 0 Å². The van der Waals surface area contributed by atoms with Gasteiger partial charge in [-0.2, -0.15) is 5.10 Å². The molecule has 7 heteroatoms. The van der Waals surface area contributed by atoms with Crippen molar-refractivity contribution in [2.45, 2.75) is 13.8 Å². The molecule has 118 valence electrons. The van der Waals surface area contributed by atoms with Crippen molar-refractivity contribution in [1.29, 1.82) is 0 Å². The Kier molecular flexibility index (Phi) is 3.92. The summed E-state index contributed by atoms with van der Waals surface area (Å²) < 4.78 is 5.03. The number of aromatic amines is 1. The first-order valence-corrected chi connectivity index (χ1v) is 7.47. The number of carbonyl (C=O) groups excluding carboxylic acids is 1. The summed E-state index contributed by atoms with van der Waals surface area (Å²) >= 11 is 6.10. The Morgan fingerprint density at radius 3 is 2.96 bits per heavy atom. The first-order chi connectivity index (χ1) is 11.0. The van der Waals surface area contributed by atoms with Crippen molar-refractivity contribution in [3.05, 3.63) is 40.7 Å². The van der Waals surface area contributed by atoms with Crippen LogP contribution in [-0.2, 0) is 4.74 Å². The second-order valence-electron chi connectivity index (χ2n) is 5.06. The number of benzene rings is 1. The number of rotatable bonds is 3. The maximum absolute atomic E-state index is 12.1. The van der Waals surface area contributed by atoms with E-state index in [0.717, 1.165) is 22.0 Å². The molecule has 0 bridgehead atoms.